The zero-order valence-electron chi connectivity index (χ0n) is 5.82. The van der Waals surface area contributed by atoms with E-state index in [-0.39, 0.29) is 35.7 Å². The van der Waals surface area contributed by atoms with Crippen molar-refractivity contribution >= 4 is 0 Å². The van der Waals surface area contributed by atoms with Crippen molar-refractivity contribution < 1.29 is 29.6 Å². The van der Waals surface area contributed by atoms with Gasteiger partial charge in [-0.05, 0) is 0 Å². The summed E-state index contributed by atoms with van der Waals surface area (Å²) in [5.74, 6) is 0. The molecule has 0 aliphatic heterocycles. The molecule has 2 heteroatoms. The van der Waals surface area contributed by atoms with Crippen LogP contribution in [-0.4, -0.2) is 0 Å². The van der Waals surface area contributed by atoms with E-state index >= 15 is 0 Å². The summed E-state index contributed by atoms with van der Waals surface area (Å²) in [7, 11) is 0. The molecule has 0 aromatic heterocycles. The first-order valence-corrected chi connectivity index (χ1v) is 2.82. The van der Waals surface area contributed by atoms with Crippen molar-refractivity contribution in [3.05, 3.63) is 6.42 Å². The largest absolute Gasteiger partial charge is 1.00 e. The molecule has 1 aliphatic carbocycles. The second-order valence-electron chi connectivity index (χ2n) is 1.93. The van der Waals surface area contributed by atoms with Crippen molar-refractivity contribution in [2.75, 3.05) is 0 Å². The minimum Gasteiger partial charge on any atom is -0.344 e. The number of hydrogen-bond acceptors (Lipinski definition) is 1. The van der Waals surface area contributed by atoms with Crippen LogP contribution in [0.3, 0.4) is 0 Å². The van der Waals surface area contributed by atoms with Crippen LogP contribution in [0, 0.1) is 6.42 Å². The molecule has 0 atom stereocenters. The topological polar surface area (TPSA) is 35.0 Å². The average molecular weight is 123 g/mol. The number of rotatable bonds is 0. The minimum absolute atomic E-state index is 0. The predicted octanol–water partition coefficient (Wildman–Crippen LogP) is -0.679. The van der Waals surface area contributed by atoms with E-state index in [9.17, 15) is 0 Å². The second kappa shape index (κ2) is 7.96. The SMILES string of the molecule is N.[CH-]1CCCCC1.[Na+]. The molecule has 1 nitrogen and oxygen atoms in total. The first-order chi connectivity index (χ1) is 3.00. The van der Waals surface area contributed by atoms with Gasteiger partial charge in [-0.15, -0.1) is 0 Å². The summed E-state index contributed by atoms with van der Waals surface area (Å²) in [6.07, 6.45) is 9.50. The predicted molar refractivity (Wildman–Crippen MR) is 32.4 cm³/mol. The van der Waals surface area contributed by atoms with Crippen LogP contribution in [0.15, 0.2) is 0 Å². The summed E-state index contributed by atoms with van der Waals surface area (Å²) < 4.78 is 0. The molecule has 1 rings (SSSR count). The Morgan fingerprint density at radius 2 is 1.38 bits per heavy atom. The Labute approximate surface area is 74.1 Å². The normalized spacial score (nSPS) is 18.0. The maximum Gasteiger partial charge on any atom is 1.00 e. The summed E-state index contributed by atoms with van der Waals surface area (Å²) >= 11 is 0. The fourth-order valence-electron chi connectivity index (χ4n) is 0.898. The molecule has 1 aliphatic rings. The standard InChI is InChI=1S/C6H11.H3N.Na/c1-2-4-6-5-3-1;;/h1H,2-6H2;1H3;/q-1;;+1. The third-order valence-corrected chi connectivity index (χ3v) is 1.32. The van der Waals surface area contributed by atoms with Gasteiger partial charge in [-0.1, -0.05) is 19.3 Å². The van der Waals surface area contributed by atoms with Crippen LogP contribution in [0.2, 0.25) is 0 Å². The van der Waals surface area contributed by atoms with Gasteiger partial charge >= 0.3 is 29.6 Å². The van der Waals surface area contributed by atoms with Crippen LogP contribution < -0.4 is 35.7 Å². The first kappa shape index (κ1) is 11.7. The van der Waals surface area contributed by atoms with Gasteiger partial charge in [0.15, 0.2) is 0 Å². The average Bonchev–Trinajstić information content (AvgIpc) is 1.72. The van der Waals surface area contributed by atoms with E-state index in [4.69, 9.17) is 0 Å². The molecule has 8 heavy (non-hydrogen) atoms. The van der Waals surface area contributed by atoms with E-state index in [0.717, 1.165) is 0 Å². The maximum atomic E-state index is 2.39. The van der Waals surface area contributed by atoms with Crippen molar-refractivity contribution in [3.8, 4) is 0 Å². The van der Waals surface area contributed by atoms with Gasteiger partial charge in [0.2, 0.25) is 0 Å². The minimum atomic E-state index is 0. The Morgan fingerprint density at radius 3 is 1.50 bits per heavy atom. The first-order valence-electron chi connectivity index (χ1n) is 2.82. The van der Waals surface area contributed by atoms with Crippen LogP contribution in [0.5, 0.6) is 0 Å². The quantitative estimate of drug-likeness (QED) is 0.336. The molecule has 0 saturated heterocycles. The summed E-state index contributed by atoms with van der Waals surface area (Å²) in [6, 6.07) is 0. The molecular weight excluding hydrogens is 109 g/mol. The molecule has 0 aromatic rings. The third kappa shape index (κ3) is 5.10. The second-order valence-corrected chi connectivity index (χ2v) is 1.93. The van der Waals surface area contributed by atoms with Gasteiger partial charge in [-0.2, -0.15) is 12.8 Å². The molecule has 0 aromatic carbocycles. The fraction of sp³-hybridized carbons (Fsp3) is 0.833. The molecule has 0 spiro atoms. The maximum absolute atomic E-state index is 2.39. The van der Waals surface area contributed by atoms with E-state index in [1.54, 1.807) is 0 Å². The molecule has 0 bridgehead atoms. The van der Waals surface area contributed by atoms with E-state index in [2.05, 4.69) is 6.42 Å². The van der Waals surface area contributed by atoms with Gasteiger partial charge in [-0.25, -0.2) is 0 Å². The van der Waals surface area contributed by atoms with Crippen LogP contribution in [0.25, 0.3) is 0 Å². The van der Waals surface area contributed by atoms with Gasteiger partial charge in [0.05, 0.1) is 0 Å². The van der Waals surface area contributed by atoms with E-state index in [1.165, 1.54) is 32.1 Å². The van der Waals surface area contributed by atoms with E-state index in [1.807, 2.05) is 0 Å². The van der Waals surface area contributed by atoms with E-state index < -0.39 is 0 Å². The molecule has 0 amide bonds. The smallest absolute Gasteiger partial charge is 0.344 e. The number of hydrogen-bond donors (Lipinski definition) is 1. The molecule has 0 radical (unpaired) electrons. The summed E-state index contributed by atoms with van der Waals surface area (Å²) in [6.45, 7) is 0. The molecule has 1 fully saturated rings. The Balaban J connectivity index is 0. The zero-order chi connectivity index (χ0) is 4.24. The summed E-state index contributed by atoms with van der Waals surface area (Å²) in [5.41, 5.74) is 0. The summed E-state index contributed by atoms with van der Waals surface area (Å²) in [5, 5.41) is 0. The van der Waals surface area contributed by atoms with Crippen LogP contribution >= 0.6 is 0 Å². The van der Waals surface area contributed by atoms with Crippen LogP contribution in [-0.2, 0) is 0 Å². The fourth-order valence-corrected chi connectivity index (χ4v) is 0.898. The Morgan fingerprint density at radius 1 is 0.875 bits per heavy atom. The van der Waals surface area contributed by atoms with Crippen molar-refractivity contribution in [2.45, 2.75) is 32.1 Å². The molecule has 0 unspecified atom stereocenters. The van der Waals surface area contributed by atoms with Crippen molar-refractivity contribution in [1.29, 1.82) is 0 Å². The molecule has 1 saturated carbocycles. The van der Waals surface area contributed by atoms with Crippen LogP contribution in [0.4, 0.5) is 0 Å². The van der Waals surface area contributed by atoms with Crippen LogP contribution in [0.1, 0.15) is 32.1 Å². The van der Waals surface area contributed by atoms with Gasteiger partial charge in [0.25, 0.3) is 0 Å². The zero-order valence-corrected chi connectivity index (χ0v) is 7.82. The van der Waals surface area contributed by atoms with Gasteiger partial charge in [0, 0.05) is 0 Å². The third-order valence-electron chi connectivity index (χ3n) is 1.32. The summed E-state index contributed by atoms with van der Waals surface area (Å²) in [4.78, 5) is 0. The molecular formula is C6H14NNa. The van der Waals surface area contributed by atoms with E-state index in [0.29, 0.717) is 0 Å². The van der Waals surface area contributed by atoms with Gasteiger partial charge in [0.1, 0.15) is 0 Å². The Hall–Kier alpha value is 0.960. The van der Waals surface area contributed by atoms with Crippen molar-refractivity contribution in [1.82, 2.24) is 6.15 Å². The van der Waals surface area contributed by atoms with Gasteiger partial charge < -0.3 is 12.6 Å². The monoisotopic (exact) mass is 123 g/mol. The van der Waals surface area contributed by atoms with Crippen molar-refractivity contribution in [2.24, 2.45) is 0 Å². The van der Waals surface area contributed by atoms with Crippen molar-refractivity contribution in [3.63, 3.8) is 0 Å². The van der Waals surface area contributed by atoms with Gasteiger partial charge in [-0.3, -0.25) is 0 Å². The molecule has 44 valence electrons. The Kier molecular flexibility index (Phi) is 11.7. The molecule has 0 heterocycles. The molecule has 3 N–H and O–H groups in total. The Bertz CT molecular complexity index is 24.0.